The van der Waals surface area contributed by atoms with Crippen LogP contribution in [0.25, 0.3) is 0 Å². The first-order valence-electron chi connectivity index (χ1n) is 9.66. The molecule has 6 nitrogen and oxygen atoms in total. The molecule has 1 aromatic rings. The molecule has 27 heavy (non-hydrogen) atoms. The molecule has 1 fully saturated rings. The largest absolute Gasteiger partial charge is 0.493 e. The Labute approximate surface area is 161 Å². The minimum Gasteiger partial charge on any atom is -0.493 e. The van der Waals surface area contributed by atoms with Gasteiger partial charge in [-0.1, -0.05) is 19.0 Å². The van der Waals surface area contributed by atoms with Gasteiger partial charge in [0.05, 0.1) is 19.9 Å². The highest BCUT2D eigenvalue weighted by Gasteiger charge is 2.38. The van der Waals surface area contributed by atoms with Crippen molar-refractivity contribution in [1.82, 2.24) is 4.90 Å². The lowest BCUT2D eigenvalue weighted by Crippen LogP contribution is -2.46. The van der Waals surface area contributed by atoms with Crippen LogP contribution in [-0.2, 0) is 16.1 Å². The van der Waals surface area contributed by atoms with Gasteiger partial charge >= 0.3 is 5.97 Å². The van der Waals surface area contributed by atoms with Crippen LogP contribution < -0.4 is 9.47 Å². The maximum atomic E-state index is 11.3. The van der Waals surface area contributed by atoms with Crippen molar-refractivity contribution in [2.45, 2.75) is 46.1 Å². The summed E-state index contributed by atoms with van der Waals surface area (Å²) in [5, 5.41) is 4.24. The second kappa shape index (κ2) is 8.30. The van der Waals surface area contributed by atoms with Crippen LogP contribution in [0.1, 0.15) is 50.8 Å². The molecule has 6 heteroatoms. The van der Waals surface area contributed by atoms with Crippen LogP contribution in [0.3, 0.4) is 0 Å². The number of nitrogens with zero attached hydrogens (tertiary/aromatic N) is 2. The van der Waals surface area contributed by atoms with Gasteiger partial charge in [-0.25, -0.2) is 4.79 Å². The zero-order chi connectivity index (χ0) is 19.6. The summed E-state index contributed by atoms with van der Waals surface area (Å²) in [5.74, 6) is 2.04. The van der Waals surface area contributed by atoms with Crippen molar-refractivity contribution in [2.24, 2.45) is 17.0 Å². The number of carbonyl (C=O) groups is 1. The lowest BCUT2D eigenvalue weighted by molar-refractivity contribution is -0.141. The van der Waals surface area contributed by atoms with Crippen LogP contribution in [-0.4, -0.2) is 43.9 Å². The molecule has 0 aromatic heterocycles. The summed E-state index contributed by atoms with van der Waals surface area (Å²) in [4.78, 5) is 18.8. The summed E-state index contributed by atoms with van der Waals surface area (Å²) in [6.07, 6.45) is 2.81. The van der Waals surface area contributed by atoms with Gasteiger partial charge in [-0.2, -0.15) is 0 Å². The normalized spacial score (nSPS) is 23.7. The quantitative estimate of drug-likeness (QED) is 0.582. The first kappa shape index (κ1) is 19.7. The molecule has 1 saturated heterocycles. The minimum atomic E-state index is -0.372. The number of methoxy groups -OCH3 is 2. The maximum absolute atomic E-state index is 11.3. The molecule has 0 amide bonds. The highest BCUT2D eigenvalue weighted by Crippen LogP contribution is 2.42. The summed E-state index contributed by atoms with van der Waals surface area (Å²) < 4.78 is 11.0. The highest BCUT2D eigenvalue weighted by molar-refractivity contribution is 5.88. The number of benzene rings is 1. The van der Waals surface area contributed by atoms with Gasteiger partial charge < -0.3 is 14.3 Å². The zero-order valence-corrected chi connectivity index (χ0v) is 16.9. The second-order valence-corrected chi connectivity index (χ2v) is 7.86. The Bertz CT molecular complexity index is 729. The number of piperidine rings is 1. The van der Waals surface area contributed by atoms with E-state index in [1.165, 1.54) is 18.1 Å². The summed E-state index contributed by atoms with van der Waals surface area (Å²) in [6, 6.07) is 4.41. The Morgan fingerprint density at radius 2 is 1.96 bits per heavy atom. The molecule has 2 aliphatic rings. The Hall–Kier alpha value is -2.08. The van der Waals surface area contributed by atoms with Gasteiger partial charge in [0.2, 0.25) is 0 Å². The van der Waals surface area contributed by atoms with Crippen LogP contribution in [0, 0.1) is 11.8 Å². The predicted octanol–water partition coefficient (Wildman–Crippen LogP) is 3.59. The molecule has 0 saturated carbocycles. The van der Waals surface area contributed by atoms with Crippen molar-refractivity contribution < 1.29 is 19.1 Å². The smallest absolute Gasteiger partial charge is 0.331 e. The average Bonchev–Trinajstić information content (AvgIpc) is 2.64. The van der Waals surface area contributed by atoms with E-state index in [1.807, 2.05) is 0 Å². The molecular formula is C21H30N2O4. The van der Waals surface area contributed by atoms with Crippen molar-refractivity contribution in [2.75, 3.05) is 27.3 Å². The van der Waals surface area contributed by atoms with Gasteiger partial charge in [0.15, 0.2) is 11.5 Å². The Morgan fingerprint density at radius 1 is 1.26 bits per heavy atom. The summed E-state index contributed by atoms with van der Waals surface area (Å²) in [5.41, 5.74) is 3.54. The van der Waals surface area contributed by atoms with E-state index < -0.39 is 0 Å². The Balaban J connectivity index is 1.93. The summed E-state index contributed by atoms with van der Waals surface area (Å²) in [7, 11) is 3.33. The van der Waals surface area contributed by atoms with Gasteiger partial charge in [0, 0.05) is 38.4 Å². The Kier molecular flexibility index (Phi) is 6.05. The SMILES string of the molecule is COc1cc2c(cc1OC)[C@@H]1C/C(=N/OC(C)=O)[C@@H](CC(C)C)CN1CC2. The molecule has 1 aromatic carbocycles. The maximum Gasteiger partial charge on any atom is 0.331 e. The van der Waals surface area contributed by atoms with Gasteiger partial charge in [-0.15, -0.1) is 0 Å². The van der Waals surface area contributed by atoms with Crippen molar-refractivity contribution in [3.8, 4) is 11.5 Å². The standard InChI is InChI=1S/C21H30N2O4/c1-13(2)8-16-12-23-7-6-15-9-20(25-4)21(26-5)10-17(15)19(23)11-18(16)22-27-14(3)24/h9-10,13,16,19H,6-8,11-12H2,1-5H3/b22-18-/t16-,19-/m0/s1. The zero-order valence-electron chi connectivity index (χ0n) is 16.9. The number of hydrogen-bond acceptors (Lipinski definition) is 6. The van der Waals surface area contributed by atoms with Gasteiger partial charge in [0.25, 0.3) is 0 Å². The van der Waals surface area contributed by atoms with Crippen molar-refractivity contribution in [1.29, 1.82) is 0 Å². The van der Waals surface area contributed by atoms with E-state index in [1.54, 1.807) is 14.2 Å². The third kappa shape index (κ3) is 4.26. The lowest BCUT2D eigenvalue weighted by atomic mass is 9.79. The fourth-order valence-corrected chi connectivity index (χ4v) is 4.31. The lowest BCUT2D eigenvalue weighted by Gasteiger charge is -2.44. The number of oxime groups is 1. The molecule has 2 heterocycles. The molecular weight excluding hydrogens is 344 g/mol. The molecule has 0 aliphatic carbocycles. The fourth-order valence-electron chi connectivity index (χ4n) is 4.31. The average molecular weight is 374 g/mol. The first-order valence-corrected chi connectivity index (χ1v) is 9.66. The van der Waals surface area contributed by atoms with E-state index in [2.05, 4.69) is 36.0 Å². The van der Waals surface area contributed by atoms with Crippen molar-refractivity contribution in [3.63, 3.8) is 0 Å². The number of fused-ring (bicyclic) bond motifs is 3. The monoisotopic (exact) mass is 374 g/mol. The number of carbonyl (C=O) groups excluding carboxylic acids is 1. The van der Waals surface area contributed by atoms with E-state index in [9.17, 15) is 4.79 Å². The van der Waals surface area contributed by atoms with Crippen LogP contribution in [0.4, 0.5) is 0 Å². The molecule has 0 radical (unpaired) electrons. The van der Waals surface area contributed by atoms with Crippen LogP contribution in [0.2, 0.25) is 0 Å². The van der Waals surface area contributed by atoms with E-state index in [4.69, 9.17) is 14.3 Å². The van der Waals surface area contributed by atoms with Crippen molar-refractivity contribution in [3.05, 3.63) is 23.3 Å². The van der Waals surface area contributed by atoms with Gasteiger partial charge in [-0.05, 0) is 42.0 Å². The van der Waals surface area contributed by atoms with E-state index in [-0.39, 0.29) is 12.0 Å². The second-order valence-electron chi connectivity index (χ2n) is 7.86. The predicted molar refractivity (Wildman–Crippen MR) is 104 cm³/mol. The molecule has 0 spiro atoms. The van der Waals surface area contributed by atoms with Crippen LogP contribution in [0.5, 0.6) is 11.5 Å². The highest BCUT2D eigenvalue weighted by atomic mass is 16.7. The fraction of sp³-hybridized carbons (Fsp3) is 0.619. The molecule has 3 rings (SSSR count). The molecule has 0 N–H and O–H groups in total. The minimum absolute atomic E-state index is 0.228. The topological polar surface area (TPSA) is 60.4 Å². The van der Waals surface area contributed by atoms with E-state index in [0.717, 1.165) is 49.6 Å². The number of rotatable bonds is 5. The van der Waals surface area contributed by atoms with Gasteiger partial charge in [0.1, 0.15) is 0 Å². The molecule has 2 aliphatic heterocycles. The summed E-state index contributed by atoms with van der Waals surface area (Å²) >= 11 is 0. The third-order valence-electron chi connectivity index (χ3n) is 5.49. The van der Waals surface area contributed by atoms with Crippen LogP contribution >= 0.6 is 0 Å². The van der Waals surface area contributed by atoms with Gasteiger partial charge in [-0.3, -0.25) is 4.90 Å². The molecule has 0 bridgehead atoms. The third-order valence-corrected chi connectivity index (χ3v) is 5.49. The molecule has 2 atom stereocenters. The number of hydrogen-bond donors (Lipinski definition) is 0. The van der Waals surface area contributed by atoms with Crippen molar-refractivity contribution >= 4 is 11.7 Å². The van der Waals surface area contributed by atoms with E-state index >= 15 is 0 Å². The Morgan fingerprint density at radius 3 is 2.59 bits per heavy atom. The first-order chi connectivity index (χ1) is 12.9. The molecule has 0 unspecified atom stereocenters. The number of ether oxygens (including phenoxy) is 2. The summed E-state index contributed by atoms with van der Waals surface area (Å²) in [6.45, 7) is 7.79. The van der Waals surface area contributed by atoms with E-state index in [0.29, 0.717) is 11.8 Å². The molecule has 148 valence electrons. The van der Waals surface area contributed by atoms with Crippen LogP contribution in [0.15, 0.2) is 17.3 Å².